The Labute approximate surface area is 58.3 Å². The monoisotopic (exact) mass is 137 g/mol. The molecule has 0 unspecified atom stereocenters. The molecule has 52 valence electrons. The van der Waals surface area contributed by atoms with Gasteiger partial charge in [0, 0.05) is 12.4 Å². The second-order valence-electron chi connectivity index (χ2n) is 1.98. The van der Waals surface area contributed by atoms with E-state index in [1.165, 1.54) is 0 Å². The molecule has 2 rings (SSSR count). The second-order valence-corrected chi connectivity index (χ2v) is 1.98. The molecule has 1 N–H and O–H groups in total. The predicted molar refractivity (Wildman–Crippen MR) is 36.1 cm³/mol. The fourth-order valence-electron chi connectivity index (χ4n) is 0.839. The van der Waals surface area contributed by atoms with E-state index in [1.54, 1.807) is 18.7 Å². The van der Waals surface area contributed by atoms with E-state index >= 15 is 0 Å². The van der Waals surface area contributed by atoms with Crippen molar-refractivity contribution in [1.82, 2.24) is 4.98 Å². The number of aromatic amines is 1. The van der Waals surface area contributed by atoms with Crippen LogP contribution in [0.4, 0.5) is 0 Å². The summed E-state index contributed by atoms with van der Waals surface area (Å²) in [6.45, 7) is 0.574. The average Bonchev–Trinajstić information content (AvgIpc) is 2.28. The van der Waals surface area contributed by atoms with Gasteiger partial charge in [0.15, 0.2) is 11.5 Å². The van der Waals surface area contributed by atoms with Gasteiger partial charge in [0.1, 0.15) is 6.61 Å². The first-order chi connectivity index (χ1) is 4.97. The van der Waals surface area contributed by atoms with Crippen molar-refractivity contribution in [3.8, 4) is 11.5 Å². The fraction of sp³-hybridized carbons (Fsp3) is 0.143. The van der Waals surface area contributed by atoms with Gasteiger partial charge in [0.25, 0.3) is 0 Å². The largest absolute Gasteiger partial charge is 0.484 e. The van der Waals surface area contributed by atoms with Crippen LogP contribution in [-0.4, -0.2) is 11.6 Å². The van der Waals surface area contributed by atoms with Crippen LogP contribution in [0.1, 0.15) is 0 Å². The summed E-state index contributed by atoms with van der Waals surface area (Å²) >= 11 is 0. The molecule has 0 radical (unpaired) electrons. The van der Waals surface area contributed by atoms with Crippen LogP contribution < -0.4 is 9.47 Å². The van der Waals surface area contributed by atoms with Gasteiger partial charge in [-0.05, 0) is 6.08 Å². The van der Waals surface area contributed by atoms with Crippen molar-refractivity contribution in [3.05, 3.63) is 24.7 Å². The molecule has 0 aliphatic carbocycles. The van der Waals surface area contributed by atoms with E-state index in [0.717, 1.165) is 11.5 Å². The van der Waals surface area contributed by atoms with Crippen LogP contribution in [0.15, 0.2) is 24.7 Å². The molecule has 0 spiro atoms. The Hall–Kier alpha value is -1.38. The summed E-state index contributed by atoms with van der Waals surface area (Å²) in [5.74, 6) is 1.51. The predicted octanol–water partition coefficient (Wildman–Crippen LogP) is 1.30. The van der Waals surface area contributed by atoms with Crippen molar-refractivity contribution in [2.75, 3.05) is 6.61 Å². The van der Waals surface area contributed by atoms with Crippen LogP contribution in [0.3, 0.4) is 0 Å². The minimum atomic E-state index is 0.574. The zero-order valence-corrected chi connectivity index (χ0v) is 5.33. The standard InChI is InChI=1S/C7H7NO2/c1-2-9-6-4-8-5-7(6)10-3-1/h1-2,4-5,8H,3H2. The summed E-state index contributed by atoms with van der Waals surface area (Å²) < 4.78 is 10.4. The van der Waals surface area contributed by atoms with Gasteiger partial charge >= 0.3 is 0 Å². The van der Waals surface area contributed by atoms with Crippen molar-refractivity contribution in [1.29, 1.82) is 0 Å². The minimum absolute atomic E-state index is 0.574. The van der Waals surface area contributed by atoms with Crippen molar-refractivity contribution in [2.45, 2.75) is 0 Å². The topological polar surface area (TPSA) is 34.2 Å². The molecule has 0 aromatic carbocycles. The Morgan fingerprint density at radius 2 is 2.20 bits per heavy atom. The highest BCUT2D eigenvalue weighted by Crippen LogP contribution is 2.27. The summed E-state index contributed by atoms with van der Waals surface area (Å²) in [5.41, 5.74) is 0. The molecule has 0 saturated carbocycles. The lowest BCUT2D eigenvalue weighted by atomic mass is 10.5. The smallest absolute Gasteiger partial charge is 0.185 e. The van der Waals surface area contributed by atoms with Crippen LogP contribution in [0.2, 0.25) is 0 Å². The van der Waals surface area contributed by atoms with Crippen molar-refractivity contribution >= 4 is 0 Å². The highest BCUT2D eigenvalue weighted by molar-refractivity contribution is 5.38. The van der Waals surface area contributed by atoms with Gasteiger partial charge in [0.05, 0.1) is 6.26 Å². The van der Waals surface area contributed by atoms with Crippen molar-refractivity contribution in [2.24, 2.45) is 0 Å². The van der Waals surface area contributed by atoms with E-state index in [0.29, 0.717) is 6.61 Å². The van der Waals surface area contributed by atoms with Gasteiger partial charge in [-0.15, -0.1) is 0 Å². The number of rotatable bonds is 0. The van der Waals surface area contributed by atoms with Crippen molar-refractivity contribution < 1.29 is 9.47 Å². The molecule has 3 heteroatoms. The summed E-state index contributed by atoms with van der Waals surface area (Å²) in [6, 6.07) is 0. The summed E-state index contributed by atoms with van der Waals surface area (Å²) in [7, 11) is 0. The van der Waals surface area contributed by atoms with Gasteiger partial charge in [-0.25, -0.2) is 0 Å². The molecule has 0 atom stereocenters. The third-order valence-corrected chi connectivity index (χ3v) is 1.30. The number of fused-ring (bicyclic) bond motifs is 1. The SMILES string of the molecule is C1=COc2c[nH]cc2OC1. The third kappa shape index (κ3) is 0.757. The lowest BCUT2D eigenvalue weighted by Gasteiger charge is -1.97. The normalized spacial score (nSPS) is 14.8. The Balaban J connectivity index is 2.37. The molecule has 0 amide bonds. The fourth-order valence-corrected chi connectivity index (χ4v) is 0.839. The number of hydrogen-bond donors (Lipinski definition) is 1. The summed E-state index contributed by atoms with van der Waals surface area (Å²) in [4.78, 5) is 2.88. The maximum atomic E-state index is 5.25. The molecular formula is C7H7NO2. The summed E-state index contributed by atoms with van der Waals surface area (Å²) in [6.07, 6.45) is 6.97. The average molecular weight is 137 g/mol. The molecule has 10 heavy (non-hydrogen) atoms. The molecule has 1 aromatic rings. The van der Waals surface area contributed by atoms with Gasteiger partial charge in [-0.3, -0.25) is 0 Å². The maximum Gasteiger partial charge on any atom is 0.185 e. The Kier molecular flexibility index (Phi) is 1.13. The summed E-state index contributed by atoms with van der Waals surface area (Å²) in [5, 5.41) is 0. The van der Waals surface area contributed by atoms with Crippen LogP contribution in [0.25, 0.3) is 0 Å². The number of ether oxygens (including phenoxy) is 2. The first kappa shape index (κ1) is 5.41. The van der Waals surface area contributed by atoms with Crippen LogP contribution in [0, 0.1) is 0 Å². The molecule has 1 aliphatic heterocycles. The molecular weight excluding hydrogens is 130 g/mol. The van der Waals surface area contributed by atoms with Gasteiger partial charge in [-0.1, -0.05) is 0 Å². The quantitative estimate of drug-likeness (QED) is 0.584. The number of aromatic nitrogens is 1. The van der Waals surface area contributed by atoms with E-state index in [9.17, 15) is 0 Å². The molecule has 1 aliphatic rings. The Bertz CT molecular complexity index is 252. The van der Waals surface area contributed by atoms with E-state index < -0.39 is 0 Å². The van der Waals surface area contributed by atoms with Crippen LogP contribution in [-0.2, 0) is 0 Å². The van der Waals surface area contributed by atoms with E-state index in [4.69, 9.17) is 9.47 Å². The molecule has 2 heterocycles. The number of hydrogen-bond acceptors (Lipinski definition) is 2. The Morgan fingerprint density at radius 3 is 3.20 bits per heavy atom. The molecule has 0 bridgehead atoms. The molecule has 3 nitrogen and oxygen atoms in total. The van der Waals surface area contributed by atoms with Gasteiger partial charge in [0.2, 0.25) is 0 Å². The van der Waals surface area contributed by atoms with Gasteiger partial charge in [-0.2, -0.15) is 0 Å². The zero-order chi connectivity index (χ0) is 6.81. The van der Waals surface area contributed by atoms with Crippen LogP contribution in [0.5, 0.6) is 11.5 Å². The van der Waals surface area contributed by atoms with E-state index in [1.807, 2.05) is 6.08 Å². The first-order valence-electron chi connectivity index (χ1n) is 3.08. The number of H-pyrrole nitrogens is 1. The molecule has 0 saturated heterocycles. The Morgan fingerprint density at radius 1 is 1.30 bits per heavy atom. The second kappa shape index (κ2) is 2.10. The highest BCUT2D eigenvalue weighted by atomic mass is 16.5. The minimum Gasteiger partial charge on any atom is -0.484 e. The molecule has 0 fully saturated rings. The van der Waals surface area contributed by atoms with Gasteiger partial charge < -0.3 is 14.5 Å². The maximum absolute atomic E-state index is 5.25. The highest BCUT2D eigenvalue weighted by Gasteiger charge is 2.05. The van der Waals surface area contributed by atoms with E-state index in [2.05, 4.69) is 4.98 Å². The van der Waals surface area contributed by atoms with Crippen LogP contribution >= 0.6 is 0 Å². The first-order valence-corrected chi connectivity index (χ1v) is 3.08. The molecule has 1 aromatic heterocycles. The lowest BCUT2D eigenvalue weighted by molar-refractivity contribution is 0.358. The van der Waals surface area contributed by atoms with E-state index in [-0.39, 0.29) is 0 Å². The lowest BCUT2D eigenvalue weighted by Crippen LogP contribution is -1.89. The van der Waals surface area contributed by atoms with Crippen molar-refractivity contribution in [3.63, 3.8) is 0 Å². The zero-order valence-electron chi connectivity index (χ0n) is 5.33. The third-order valence-electron chi connectivity index (χ3n) is 1.30. The number of nitrogens with one attached hydrogen (secondary N) is 1.